The third-order valence-corrected chi connectivity index (χ3v) is 6.78. The Balaban J connectivity index is 1.38. The maximum atomic E-state index is 14.4. The van der Waals surface area contributed by atoms with E-state index < -0.39 is 35.9 Å². The van der Waals surface area contributed by atoms with Crippen molar-refractivity contribution in [2.45, 2.75) is 77.3 Å². The van der Waals surface area contributed by atoms with Gasteiger partial charge in [0.1, 0.15) is 41.5 Å². The monoisotopic (exact) mass is 591 g/mol. The lowest BCUT2D eigenvalue weighted by Crippen LogP contribution is -2.50. The Morgan fingerprint density at radius 3 is 2.69 bits per heavy atom. The van der Waals surface area contributed by atoms with E-state index in [2.05, 4.69) is 15.4 Å². The zero-order valence-electron chi connectivity index (χ0n) is 23.6. The number of aromatic nitrogens is 3. The number of carbonyl (C=O) groups is 2. The zero-order valence-corrected chi connectivity index (χ0v) is 23.6. The molecule has 14 heteroatoms. The highest BCUT2D eigenvalue weighted by atomic mass is 19.3. The van der Waals surface area contributed by atoms with Gasteiger partial charge in [-0.1, -0.05) is 0 Å². The molecule has 11 nitrogen and oxygen atoms in total. The number of nitrogens with zero attached hydrogens (tertiary/aromatic N) is 4. The molecule has 1 aliphatic heterocycles. The smallest absolute Gasteiger partial charge is 0.407 e. The minimum atomic E-state index is -2.82. The molecular weight excluding hydrogens is 559 g/mol. The minimum Gasteiger partial charge on any atom is -0.490 e. The highest BCUT2D eigenvalue weighted by Crippen LogP contribution is 2.38. The first-order valence-electron chi connectivity index (χ1n) is 13.6. The van der Waals surface area contributed by atoms with Crippen LogP contribution in [0.4, 0.5) is 23.8 Å². The van der Waals surface area contributed by atoms with E-state index in [0.29, 0.717) is 24.2 Å². The van der Waals surface area contributed by atoms with Gasteiger partial charge in [-0.3, -0.25) is 0 Å². The van der Waals surface area contributed by atoms with Crippen LogP contribution in [0.5, 0.6) is 11.5 Å². The Kier molecular flexibility index (Phi) is 8.06. The van der Waals surface area contributed by atoms with E-state index in [0.717, 1.165) is 0 Å². The number of benzene rings is 1. The van der Waals surface area contributed by atoms with E-state index in [1.807, 2.05) is 0 Å². The molecular formula is C28H32F3N5O6. The number of fused-ring (bicyclic) bond motifs is 2. The third-order valence-electron chi connectivity index (χ3n) is 6.78. The number of hydrogen-bond donors (Lipinski definition) is 1. The van der Waals surface area contributed by atoms with Crippen molar-refractivity contribution in [1.29, 1.82) is 0 Å². The molecule has 1 aromatic carbocycles. The van der Waals surface area contributed by atoms with Crippen molar-refractivity contribution in [1.82, 2.24) is 19.9 Å². The van der Waals surface area contributed by atoms with Crippen molar-refractivity contribution in [3.63, 3.8) is 0 Å². The molecule has 1 saturated carbocycles. The molecule has 5 rings (SSSR count). The molecule has 3 heterocycles. The Morgan fingerprint density at radius 2 is 2.00 bits per heavy atom. The van der Waals surface area contributed by atoms with Gasteiger partial charge in [-0.2, -0.15) is 5.10 Å². The number of amides is 1. The van der Waals surface area contributed by atoms with Crippen molar-refractivity contribution in [3.05, 3.63) is 47.5 Å². The summed E-state index contributed by atoms with van der Waals surface area (Å²) in [5.74, 6) is -0.691. The van der Waals surface area contributed by atoms with Gasteiger partial charge in [0.2, 0.25) is 0 Å². The number of alkyl carbamates (subject to hydrolysis) is 1. The summed E-state index contributed by atoms with van der Waals surface area (Å²) in [7, 11) is 0. The van der Waals surface area contributed by atoms with E-state index >= 15 is 0 Å². The standard InChI is InChI=1S/C28H32F3N5O6/c1-5-39-26(37)19-11-32-36-13-22-25(34-24(19)36)35(20(14-40-22)23(30)31)12-15-8-16(29)6-7-21(15)41-18-9-17(10-18)33-27(38)42-28(2,3)4/h6-8,11,13,17-18,20,23H,5,9-10,12,14H2,1-4H3,(H,33,38)/t17?,18?,20-/m0/s1. The van der Waals surface area contributed by atoms with Crippen molar-refractivity contribution in [2.24, 2.45) is 0 Å². The fourth-order valence-corrected chi connectivity index (χ4v) is 4.77. The summed E-state index contributed by atoms with van der Waals surface area (Å²) >= 11 is 0. The molecule has 0 bridgehead atoms. The van der Waals surface area contributed by atoms with E-state index in [9.17, 15) is 22.8 Å². The van der Waals surface area contributed by atoms with E-state index in [1.165, 1.54) is 40.0 Å². The number of halogens is 3. The lowest BCUT2D eigenvalue weighted by Gasteiger charge is -2.38. The van der Waals surface area contributed by atoms with Gasteiger partial charge in [0.15, 0.2) is 17.2 Å². The SMILES string of the molecule is CCOC(=O)c1cnn2cc3c(nc12)N(Cc1cc(F)ccc1OC1CC(NC(=O)OC(C)(C)C)C1)[C@H](C(F)F)CO3. The lowest BCUT2D eigenvalue weighted by molar-refractivity contribution is 0.0358. The molecule has 226 valence electrons. The number of hydrogen-bond acceptors (Lipinski definition) is 9. The first-order chi connectivity index (χ1) is 19.9. The number of carbonyl (C=O) groups excluding carboxylic acids is 2. The molecule has 0 saturated heterocycles. The Labute approximate surface area is 239 Å². The van der Waals surface area contributed by atoms with Crippen LogP contribution in [-0.4, -0.2) is 70.1 Å². The highest BCUT2D eigenvalue weighted by Gasteiger charge is 2.38. The second-order valence-corrected chi connectivity index (χ2v) is 11.1. The van der Waals surface area contributed by atoms with Gasteiger partial charge in [-0.05, 0) is 45.9 Å². The summed E-state index contributed by atoms with van der Waals surface area (Å²) in [6.45, 7) is 6.56. The molecule has 1 aliphatic carbocycles. The Morgan fingerprint density at radius 1 is 1.24 bits per heavy atom. The second-order valence-electron chi connectivity index (χ2n) is 11.1. The third kappa shape index (κ3) is 6.31. The van der Waals surface area contributed by atoms with Crippen LogP contribution in [0.2, 0.25) is 0 Å². The Bertz CT molecular complexity index is 1470. The number of rotatable bonds is 8. The molecule has 0 radical (unpaired) electrons. The molecule has 2 aromatic heterocycles. The molecule has 2 aliphatic rings. The summed E-state index contributed by atoms with van der Waals surface area (Å²) in [6, 6.07) is 2.34. The number of esters is 1. The normalized spacial score (nSPS) is 20.0. The average molecular weight is 592 g/mol. The van der Waals surface area contributed by atoms with Gasteiger partial charge >= 0.3 is 12.1 Å². The molecule has 1 N–H and O–H groups in total. The number of ether oxygens (including phenoxy) is 4. The molecule has 42 heavy (non-hydrogen) atoms. The van der Waals surface area contributed by atoms with Crippen LogP contribution in [0.15, 0.2) is 30.6 Å². The van der Waals surface area contributed by atoms with Crippen LogP contribution < -0.4 is 19.7 Å². The highest BCUT2D eigenvalue weighted by molar-refractivity contribution is 5.96. The predicted octanol–water partition coefficient (Wildman–Crippen LogP) is 4.51. The molecule has 0 unspecified atom stereocenters. The van der Waals surface area contributed by atoms with Crippen molar-refractivity contribution >= 4 is 23.5 Å². The molecule has 1 fully saturated rings. The number of nitrogens with one attached hydrogen (secondary N) is 1. The predicted molar refractivity (Wildman–Crippen MR) is 144 cm³/mol. The van der Waals surface area contributed by atoms with Crippen LogP contribution >= 0.6 is 0 Å². The summed E-state index contributed by atoms with van der Waals surface area (Å²) in [4.78, 5) is 30.3. The van der Waals surface area contributed by atoms with Crippen LogP contribution in [0.3, 0.4) is 0 Å². The van der Waals surface area contributed by atoms with Gasteiger partial charge in [-0.25, -0.2) is 32.3 Å². The van der Waals surface area contributed by atoms with Gasteiger partial charge in [0.25, 0.3) is 6.43 Å². The number of anilines is 1. The van der Waals surface area contributed by atoms with Crippen molar-refractivity contribution in [2.75, 3.05) is 18.1 Å². The summed E-state index contributed by atoms with van der Waals surface area (Å²) in [5.41, 5.74) is -0.143. The first kappa shape index (κ1) is 29.3. The molecule has 3 aromatic rings. The van der Waals surface area contributed by atoms with Crippen molar-refractivity contribution < 1.29 is 41.7 Å². The fraction of sp³-hybridized carbons (Fsp3) is 0.500. The minimum absolute atomic E-state index is 0.0468. The largest absolute Gasteiger partial charge is 0.490 e. The van der Waals surface area contributed by atoms with Crippen LogP contribution in [-0.2, 0) is 16.0 Å². The maximum Gasteiger partial charge on any atom is 0.407 e. The number of alkyl halides is 2. The molecule has 0 spiro atoms. The topological polar surface area (TPSA) is 117 Å². The van der Waals surface area contributed by atoms with Crippen LogP contribution in [0.1, 0.15) is 56.5 Å². The molecule has 1 atom stereocenters. The molecule has 1 amide bonds. The van der Waals surface area contributed by atoms with Crippen LogP contribution in [0, 0.1) is 5.82 Å². The van der Waals surface area contributed by atoms with Crippen molar-refractivity contribution in [3.8, 4) is 11.5 Å². The summed E-state index contributed by atoms with van der Waals surface area (Å²) in [6.07, 6.45) is 0.0838. The second kappa shape index (κ2) is 11.6. The average Bonchev–Trinajstić information content (AvgIpc) is 3.29. The van der Waals surface area contributed by atoms with Crippen LogP contribution in [0.25, 0.3) is 5.65 Å². The van der Waals surface area contributed by atoms with Gasteiger partial charge in [-0.15, -0.1) is 0 Å². The first-order valence-corrected chi connectivity index (χ1v) is 13.6. The van der Waals surface area contributed by atoms with E-state index in [1.54, 1.807) is 27.7 Å². The maximum absolute atomic E-state index is 14.4. The van der Waals surface area contributed by atoms with E-state index in [-0.39, 0.29) is 54.7 Å². The lowest BCUT2D eigenvalue weighted by atomic mass is 9.89. The fourth-order valence-electron chi connectivity index (χ4n) is 4.77. The Hall–Kier alpha value is -4.23. The zero-order chi connectivity index (χ0) is 30.2. The summed E-state index contributed by atoms with van der Waals surface area (Å²) < 4.78 is 66.3. The van der Waals surface area contributed by atoms with Gasteiger partial charge in [0, 0.05) is 31.0 Å². The quantitative estimate of drug-likeness (QED) is 0.378. The van der Waals surface area contributed by atoms with Gasteiger partial charge in [0.05, 0.1) is 19.0 Å². The van der Waals surface area contributed by atoms with Gasteiger partial charge < -0.3 is 29.2 Å². The summed E-state index contributed by atoms with van der Waals surface area (Å²) in [5, 5.41) is 6.90. The van der Waals surface area contributed by atoms with E-state index in [4.69, 9.17) is 18.9 Å².